The second kappa shape index (κ2) is 7.83. The standard InChI is InChI=1S/C14H18FNO/c1-2-3-9-17-11-13-6-7-14(15)10-12(13)5-4-8-16/h6-7,10H,2-3,8-9,11,16H2,1H3. The van der Waals surface area contributed by atoms with Gasteiger partial charge in [-0.2, -0.15) is 0 Å². The molecule has 0 aromatic heterocycles. The third-order valence-corrected chi connectivity index (χ3v) is 2.30. The lowest BCUT2D eigenvalue weighted by atomic mass is 10.1. The Balaban J connectivity index is 2.69. The van der Waals surface area contributed by atoms with Crippen molar-refractivity contribution in [3.63, 3.8) is 0 Å². The van der Waals surface area contributed by atoms with Gasteiger partial charge in [-0.05, 0) is 24.1 Å². The summed E-state index contributed by atoms with van der Waals surface area (Å²) in [6.45, 7) is 3.57. The van der Waals surface area contributed by atoms with E-state index >= 15 is 0 Å². The first-order valence-corrected chi connectivity index (χ1v) is 5.83. The fraction of sp³-hybridized carbons (Fsp3) is 0.429. The number of hydrogen-bond donors (Lipinski definition) is 1. The highest BCUT2D eigenvalue weighted by Crippen LogP contribution is 2.11. The van der Waals surface area contributed by atoms with Gasteiger partial charge in [-0.25, -0.2) is 4.39 Å². The van der Waals surface area contributed by atoms with E-state index in [9.17, 15) is 4.39 Å². The number of halogens is 1. The zero-order valence-electron chi connectivity index (χ0n) is 10.1. The molecule has 0 aliphatic carbocycles. The third kappa shape index (κ3) is 4.99. The molecule has 0 bridgehead atoms. The summed E-state index contributed by atoms with van der Waals surface area (Å²) in [4.78, 5) is 0. The van der Waals surface area contributed by atoms with Gasteiger partial charge in [-0.15, -0.1) is 0 Å². The molecule has 0 saturated heterocycles. The Labute approximate surface area is 102 Å². The van der Waals surface area contributed by atoms with E-state index in [2.05, 4.69) is 18.8 Å². The summed E-state index contributed by atoms with van der Waals surface area (Å²) >= 11 is 0. The van der Waals surface area contributed by atoms with Crippen LogP contribution in [-0.4, -0.2) is 13.2 Å². The van der Waals surface area contributed by atoms with Gasteiger partial charge in [0, 0.05) is 12.2 Å². The van der Waals surface area contributed by atoms with Gasteiger partial charge in [0.1, 0.15) is 5.82 Å². The molecular weight excluding hydrogens is 217 g/mol. The molecule has 0 atom stereocenters. The van der Waals surface area contributed by atoms with E-state index in [1.807, 2.05) is 0 Å². The van der Waals surface area contributed by atoms with Crippen LogP contribution < -0.4 is 5.73 Å². The molecule has 0 spiro atoms. The molecule has 0 saturated carbocycles. The SMILES string of the molecule is CCCCOCc1ccc(F)cc1C#CCN. The lowest BCUT2D eigenvalue weighted by molar-refractivity contribution is 0.118. The van der Waals surface area contributed by atoms with Crippen molar-refractivity contribution in [3.8, 4) is 11.8 Å². The van der Waals surface area contributed by atoms with E-state index in [4.69, 9.17) is 10.5 Å². The Morgan fingerprint density at radius 3 is 2.94 bits per heavy atom. The van der Waals surface area contributed by atoms with Crippen molar-refractivity contribution in [3.05, 3.63) is 35.1 Å². The molecule has 0 aliphatic rings. The molecule has 1 rings (SSSR count). The van der Waals surface area contributed by atoms with E-state index in [-0.39, 0.29) is 12.4 Å². The number of benzene rings is 1. The fourth-order valence-electron chi connectivity index (χ4n) is 1.37. The zero-order valence-corrected chi connectivity index (χ0v) is 10.1. The average molecular weight is 235 g/mol. The second-order valence-corrected chi connectivity index (χ2v) is 3.71. The average Bonchev–Trinajstić information content (AvgIpc) is 2.34. The first-order chi connectivity index (χ1) is 8.27. The summed E-state index contributed by atoms with van der Waals surface area (Å²) in [5.74, 6) is 5.30. The van der Waals surface area contributed by atoms with Crippen LogP contribution in [0.2, 0.25) is 0 Å². The van der Waals surface area contributed by atoms with Gasteiger partial charge in [-0.3, -0.25) is 0 Å². The van der Waals surface area contributed by atoms with Crippen molar-refractivity contribution in [1.82, 2.24) is 0 Å². The van der Waals surface area contributed by atoms with Crippen molar-refractivity contribution in [2.45, 2.75) is 26.4 Å². The number of nitrogens with two attached hydrogens (primary N) is 1. The van der Waals surface area contributed by atoms with E-state index in [1.54, 1.807) is 6.07 Å². The van der Waals surface area contributed by atoms with Crippen molar-refractivity contribution >= 4 is 0 Å². The monoisotopic (exact) mass is 235 g/mol. The van der Waals surface area contributed by atoms with Crippen LogP contribution >= 0.6 is 0 Å². The molecule has 17 heavy (non-hydrogen) atoms. The van der Waals surface area contributed by atoms with Gasteiger partial charge in [0.2, 0.25) is 0 Å². The van der Waals surface area contributed by atoms with E-state index in [0.717, 1.165) is 25.0 Å². The molecule has 0 aliphatic heterocycles. The topological polar surface area (TPSA) is 35.2 Å². The Bertz CT molecular complexity index is 406. The molecule has 1 aromatic carbocycles. The Kier molecular flexibility index (Phi) is 6.31. The van der Waals surface area contributed by atoms with Crippen LogP contribution in [0, 0.1) is 17.7 Å². The zero-order chi connectivity index (χ0) is 12.5. The molecule has 1 aromatic rings. The minimum Gasteiger partial charge on any atom is -0.377 e. The van der Waals surface area contributed by atoms with Gasteiger partial charge >= 0.3 is 0 Å². The number of ether oxygens (including phenoxy) is 1. The lowest BCUT2D eigenvalue weighted by Crippen LogP contribution is -1.99. The predicted molar refractivity (Wildman–Crippen MR) is 66.9 cm³/mol. The maximum atomic E-state index is 13.1. The van der Waals surface area contributed by atoms with E-state index < -0.39 is 0 Å². The molecule has 0 radical (unpaired) electrons. The Morgan fingerprint density at radius 2 is 2.24 bits per heavy atom. The van der Waals surface area contributed by atoms with Crippen molar-refractivity contribution in [2.24, 2.45) is 5.73 Å². The highest BCUT2D eigenvalue weighted by molar-refractivity contribution is 5.41. The number of rotatable bonds is 5. The number of hydrogen-bond acceptors (Lipinski definition) is 2. The molecule has 3 heteroatoms. The lowest BCUT2D eigenvalue weighted by Gasteiger charge is -2.06. The minimum atomic E-state index is -0.288. The van der Waals surface area contributed by atoms with Crippen LogP contribution in [0.25, 0.3) is 0 Å². The summed E-state index contributed by atoms with van der Waals surface area (Å²) in [6.07, 6.45) is 2.13. The molecule has 92 valence electrons. The van der Waals surface area contributed by atoms with Crippen LogP contribution in [0.5, 0.6) is 0 Å². The predicted octanol–water partition coefficient (Wildman–Crippen LogP) is 2.45. The molecule has 0 fully saturated rings. The van der Waals surface area contributed by atoms with E-state index in [1.165, 1.54) is 12.1 Å². The molecule has 0 heterocycles. The molecular formula is C14H18FNO. The van der Waals surface area contributed by atoms with Crippen LogP contribution in [0.4, 0.5) is 4.39 Å². The quantitative estimate of drug-likeness (QED) is 0.628. The highest BCUT2D eigenvalue weighted by Gasteiger charge is 2.02. The normalized spacial score (nSPS) is 9.82. The largest absolute Gasteiger partial charge is 0.377 e. The van der Waals surface area contributed by atoms with Crippen molar-refractivity contribution in [1.29, 1.82) is 0 Å². The van der Waals surface area contributed by atoms with Gasteiger partial charge in [0.05, 0.1) is 13.2 Å². The smallest absolute Gasteiger partial charge is 0.124 e. The fourth-order valence-corrected chi connectivity index (χ4v) is 1.37. The van der Waals surface area contributed by atoms with Crippen molar-refractivity contribution in [2.75, 3.05) is 13.2 Å². The van der Waals surface area contributed by atoms with Gasteiger partial charge in [-0.1, -0.05) is 31.3 Å². The van der Waals surface area contributed by atoms with Crippen LogP contribution in [0.1, 0.15) is 30.9 Å². The van der Waals surface area contributed by atoms with Gasteiger partial charge in [0.15, 0.2) is 0 Å². The van der Waals surface area contributed by atoms with Crippen LogP contribution in [0.3, 0.4) is 0 Å². The second-order valence-electron chi connectivity index (χ2n) is 3.71. The summed E-state index contributed by atoms with van der Waals surface area (Å²) < 4.78 is 18.6. The summed E-state index contributed by atoms with van der Waals surface area (Å²) in [5, 5.41) is 0. The van der Waals surface area contributed by atoms with E-state index in [0.29, 0.717) is 12.2 Å². The number of unbranched alkanes of at least 4 members (excludes halogenated alkanes) is 1. The summed E-state index contributed by atoms with van der Waals surface area (Å²) in [7, 11) is 0. The Morgan fingerprint density at radius 1 is 1.41 bits per heavy atom. The first kappa shape index (κ1) is 13.7. The minimum absolute atomic E-state index is 0.270. The van der Waals surface area contributed by atoms with Crippen molar-refractivity contribution < 1.29 is 9.13 Å². The maximum absolute atomic E-state index is 13.1. The Hall–Kier alpha value is -1.37. The van der Waals surface area contributed by atoms with Crippen LogP contribution in [-0.2, 0) is 11.3 Å². The van der Waals surface area contributed by atoms with Gasteiger partial charge < -0.3 is 10.5 Å². The molecule has 2 N–H and O–H groups in total. The maximum Gasteiger partial charge on any atom is 0.124 e. The molecule has 2 nitrogen and oxygen atoms in total. The summed E-state index contributed by atoms with van der Waals surface area (Å²) in [6, 6.07) is 4.55. The van der Waals surface area contributed by atoms with Crippen LogP contribution in [0.15, 0.2) is 18.2 Å². The third-order valence-electron chi connectivity index (χ3n) is 2.30. The molecule has 0 amide bonds. The molecule has 0 unspecified atom stereocenters. The van der Waals surface area contributed by atoms with Gasteiger partial charge in [0.25, 0.3) is 0 Å². The first-order valence-electron chi connectivity index (χ1n) is 5.83. The highest BCUT2D eigenvalue weighted by atomic mass is 19.1. The summed E-state index contributed by atoms with van der Waals surface area (Å²) in [5.41, 5.74) is 6.87.